The van der Waals surface area contributed by atoms with Gasteiger partial charge in [0.15, 0.2) is 5.82 Å². The Kier molecular flexibility index (Phi) is 7.16. The molecule has 2 aliphatic rings. The van der Waals surface area contributed by atoms with Crippen LogP contribution < -0.4 is 0 Å². The Bertz CT molecular complexity index is 2190. The molecule has 0 N–H and O–H groups in total. The summed E-state index contributed by atoms with van der Waals surface area (Å²) in [7, 11) is 0. The summed E-state index contributed by atoms with van der Waals surface area (Å²) < 4.78 is 0. The molecule has 0 saturated heterocycles. The molecule has 0 radical (unpaired) electrons. The van der Waals surface area contributed by atoms with Crippen LogP contribution in [-0.2, 0) is 5.41 Å². The number of rotatable bonds is 5. The Hall–Kier alpha value is -5.58. The predicted molar refractivity (Wildman–Crippen MR) is 188 cm³/mol. The average molecular weight is 607 g/mol. The largest absolute Gasteiger partial charge is 0.228 e. The molecule has 2 unspecified atom stereocenters. The van der Waals surface area contributed by atoms with Crippen molar-refractivity contribution in [2.75, 3.05) is 0 Å². The minimum absolute atomic E-state index is 0.212. The lowest BCUT2D eigenvalue weighted by atomic mass is 9.65. The van der Waals surface area contributed by atoms with Crippen LogP contribution in [0.1, 0.15) is 55.7 Å². The van der Waals surface area contributed by atoms with Gasteiger partial charge in [-0.25, -0.2) is 9.97 Å². The second-order valence-corrected chi connectivity index (χ2v) is 13.7. The molecule has 0 amide bonds. The molecule has 4 heteroatoms. The van der Waals surface area contributed by atoms with Crippen molar-refractivity contribution in [3.8, 4) is 57.2 Å². The highest BCUT2D eigenvalue weighted by molar-refractivity contribution is 5.99. The van der Waals surface area contributed by atoms with E-state index in [0.29, 0.717) is 28.2 Å². The Morgan fingerprint density at radius 1 is 0.596 bits per heavy atom. The zero-order valence-corrected chi connectivity index (χ0v) is 26.4. The topological polar surface area (TPSA) is 73.4 Å². The molecule has 47 heavy (non-hydrogen) atoms. The summed E-state index contributed by atoms with van der Waals surface area (Å²) in [6, 6.07) is 43.7. The molecule has 8 rings (SSSR count). The van der Waals surface area contributed by atoms with E-state index >= 15 is 0 Å². The fourth-order valence-electron chi connectivity index (χ4n) is 8.41. The van der Waals surface area contributed by atoms with E-state index in [0.717, 1.165) is 34.2 Å². The van der Waals surface area contributed by atoms with Crippen LogP contribution in [0.3, 0.4) is 0 Å². The van der Waals surface area contributed by atoms with Crippen LogP contribution in [0.2, 0.25) is 0 Å². The van der Waals surface area contributed by atoms with E-state index in [1.165, 1.54) is 54.0 Å². The second-order valence-electron chi connectivity index (χ2n) is 13.7. The van der Waals surface area contributed by atoms with Crippen LogP contribution >= 0.6 is 0 Å². The zero-order chi connectivity index (χ0) is 32.0. The normalized spacial score (nSPS) is 20.1. The van der Waals surface area contributed by atoms with Crippen LogP contribution in [0.25, 0.3) is 55.8 Å². The minimum Gasteiger partial charge on any atom is -0.228 e. The van der Waals surface area contributed by atoms with Crippen molar-refractivity contribution in [2.45, 2.75) is 44.4 Å². The highest BCUT2D eigenvalue weighted by Crippen LogP contribution is 2.53. The maximum absolute atomic E-state index is 9.65. The smallest absolute Gasteiger partial charge is 0.160 e. The average Bonchev–Trinajstić information content (AvgIpc) is 3.48. The third-order valence-electron chi connectivity index (χ3n) is 10.4. The Morgan fingerprint density at radius 2 is 1.21 bits per heavy atom. The maximum Gasteiger partial charge on any atom is 0.160 e. The summed E-state index contributed by atoms with van der Waals surface area (Å²) in [5.74, 6) is 2.32. The molecule has 226 valence electrons. The quantitative estimate of drug-likeness (QED) is 0.196. The van der Waals surface area contributed by atoms with Gasteiger partial charge in [0, 0.05) is 16.7 Å². The number of hydrogen-bond acceptors (Lipinski definition) is 4. The third-order valence-corrected chi connectivity index (χ3v) is 10.4. The number of hydrogen-bond donors (Lipinski definition) is 0. The van der Waals surface area contributed by atoms with Gasteiger partial charge >= 0.3 is 0 Å². The highest BCUT2D eigenvalue weighted by atomic mass is 14.9. The van der Waals surface area contributed by atoms with E-state index in [1.807, 2.05) is 36.4 Å². The summed E-state index contributed by atoms with van der Waals surface area (Å²) in [5.41, 5.74) is 8.94. The molecule has 2 aliphatic carbocycles. The SMILES string of the molecule is CC1(c2ccc(-c3cccc(-c4cc(-c5cc(C#N)cc(C#N)c5)nc(-c5ccccc5)n4)c3)c3ccccc23)CC2CC[C@H](C2)C1. The summed E-state index contributed by atoms with van der Waals surface area (Å²) in [5, 5.41) is 21.9. The molecule has 2 bridgehead atoms. The van der Waals surface area contributed by atoms with Crippen molar-refractivity contribution < 1.29 is 0 Å². The fourth-order valence-corrected chi connectivity index (χ4v) is 8.41. The molecule has 1 heterocycles. The van der Waals surface area contributed by atoms with E-state index in [2.05, 4.69) is 79.7 Å². The first-order valence-electron chi connectivity index (χ1n) is 16.5. The van der Waals surface area contributed by atoms with Crippen molar-refractivity contribution in [2.24, 2.45) is 11.8 Å². The van der Waals surface area contributed by atoms with Crippen LogP contribution in [0, 0.1) is 34.5 Å². The van der Waals surface area contributed by atoms with E-state index in [-0.39, 0.29) is 5.41 Å². The van der Waals surface area contributed by atoms with Gasteiger partial charge in [0.2, 0.25) is 0 Å². The van der Waals surface area contributed by atoms with Crippen LogP contribution in [-0.4, -0.2) is 9.97 Å². The maximum atomic E-state index is 9.65. The standard InChI is InChI=1S/C43H34N4/c1-43(24-28-14-15-29(18-28)25-43)39-17-16-36(37-12-5-6-13-38(37)39)33-10-7-11-34(22-33)40-23-41(35-20-30(26-44)19-31(21-35)27-45)47-42(46-40)32-8-3-2-4-9-32/h2-13,16-17,19-23,28-29H,14-15,18,24-25H2,1H3/t28-,29?,43?/m1/s1. The molecule has 2 saturated carbocycles. The van der Waals surface area contributed by atoms with Crippen LogP contribution in [0.15, 0.2) is 115 Å². The molecular weight excluding hydrogens is 573 g/mol. The molecule has 4 nitrogen and oxygen atoms in total. The first-order valence-corrected chi connectivity index (χ1v) is 16.5. The van der Waals surface area contributed by atoms with Gasteiger partial charge in [-0.3, -0.25) is 0 Å². The summed E-state index contributed by atoms with van der Waals surface area (Å²) >= 11 is 0. The van der Waals surface area contributed by atoms with Crippen LogP contribution in [0.5, 0.6) is 0 Å². The van der Waals surface area contributed by atoms with Crippen LogP contribution in [0.4, 0.5) is 0 Å². The molecule has 1 aromatic heterocycles. The summed E-state index contributed by atoms with van der Waals surface area (Å²) in [6.45, 7) is 2.50. The number of fused-ring (bicyclic) bond motifs is 3. The van der Waals surface area contributed by atoms with Crippen molar-refractivity contribution in [3.63, 3.8) is 0 Å². The fraction of sp³-hybridized carbons (Fsp3) is 0.209. The number of nitrogens with zero attached hydrogens (tertiary/aromatic N) is 4. The van der Waals surface area contributed by atoms with Gasteiger partial charge in [0.1, 0.15) is 0 Å². The lowest BCUT2D eigenvalue weighted by molar-refractivity contribution is 0.233. The minimum atomic E-state index is 0.212. The lowest BCUT2D eigenvalue weighted by Crippen LogP contribution is -2.30. The molecular formula is C43H34N4. The molecule has 0 spiro atoms. The number of benzene rings is 5. The molecule has 2 fully saturated rings. The predicted octanol–water partition coefficient (Wildman–Crippen LogP) is 10.5. The van der Waals surface area contributed by atoms with Gasteiger partial charge in [0.05, 0.1) is 34.7 Å². The van der Waals surface area contributed by atoms with Gasteiger partial charge in [-0.15, -0.1) is 0 Å². The summed E-state index contributed by atoms with van der Waals surface area (Å²) in [6.07, 6.45) is 6.77. The van der Waals surface area contributed by atoms with Gasteiger partial charge < -0.3 is 0 Å². The number of aromatic nitrogens is 2. The van der Waals surface area contributed by atoms with Crippen molar-refractivity contribution in [1.82, 2.24) is 9.97 Å². The van der Waals surface area contributed by atoms with Gasteiger partial charge in [-0.05, 0) is 94.3 Å². The van der Waals surface area contributed by atoms with E-state index < -0.39 is 0 Å². The van der Waals surface area contributed by atoms with E-state index in [4.69, 9.17) is 9.97 Å². The third kappa shape index (κ3) is 5.37. The second kappa shape index (κ2) is 11.7. The van der Waals surface area contributed by atoms with E-state index in [9.17, 15) is 10.5 Å². The molecule has 0 aliphatic heterocycles. The van der Waals surface area contributed by atoms with E-state index in [1.54, 1.807) is 18.2 Å². The number of nitriles is 2. The van der Waals surface area contributed by atoms with Crippen molar-refractivity contribution in [3.05, 3.63) is 132 Å². The molecule has 6 aromatic rings. The van der Waals surface area contributed by atoms with Crippen molar-refractivity contribution >= 4 is 10.8 Å². The lowest BCUT2D eigenvalue weighted by Gasteiger charge is -2.39. The monoisotopic (exact) mass is 606 g/mol. The van der Waals surface area contributed by atoms with Gasteiger partial charge in [-0.2, -0.15) is 10.5 Å². The molecule has 3 atom stereocenters. The Labute approximate surface area is 276 Å². The Morgan fingerprint density at radius 3 is 1.91 bits per heavy atom. The van der Waals surface area contributed by atoms with Crippen molar-refractivity contribution in [1.29, 1.82) is 10.5 Å². The first-order chi connectivity index (χ1) is 23.0. The first kappa shape index (κ1) is 28.9. The molecule has 5 aromatic carbocycles. The van der Waals surface area contributed by atoms with Gasteiger partial charge in [-0.1, -0.05) is 105 Å². The Balaban J connectivity index is 1.25. The summed E-state index contributed by atoms with van der Waals surface area (Å²) in [4.78, 5) is 9.96. The highest BCUT2D eigenvalue weighted by Gasteiger charge is 2.42. The zero-order valence-electron chi connectivity index (χ0n) is 26.4. The van der Waals surface area contributed by atoms with Gasteiger partial charge in [0.25, 0.3) is 0 Å².